The van der Waals surface area contributed by atoms with E-state index in [0.717, 1.165) is 11.3 Å². The lowest BCUT2D eigenvalue weighted by molar-refractivity contribution is -0.115. The number of thiophene rings is 1. The number of aromatic amines is 1. The fraction of sp³-hybridized carbons (Fsp3) is 0.0476. The maximum absolute atomic E-state index is 13.7. The van der Waals surface area contributed by atoms with Crippen LogP contribution >= 0.6 is 11.3 Å². The highest BCUT2D eigenvalue weighted by molar-refractivity contribution is 7.20. The molecule has 30 heavy (non-hydrogen) atoms. The predicted molar refractivity (Wildman–Crippen MR) is 112 cm³/mol. The summed E-state index contributed by atoms with van der Waals surface area (Å²) in [5.74, 6) is -0.863. The molecule has 4 aromatic rings. The van der Waals surface area contributed by atoms with Crippen molar-refractivity contribution in [2.75, 3.05) is 10.6 Å². The van der Waals surface area contributed by atoms with Crippen molar-refractivity contribution >= 4 is 44.9 Å². The van der Waals surface area contributed by atoms with E-state index in [1.165, 1.54) is 6.07 Å². The molecule has 0 aliphatic carbocycles. The third kappa shape index (κ3) is 4.04. The van der Waals surface area contributed by atoms with Gasteiger partial charge in [0.2, 0.25) is 5.91 Å². The molecule has 0 atom stereocenters. The first kappa shape index (κ1) is 19.3. The fourth-order valence-electron chi connectivity index (χ4n) is 2.88. The highest BCUT2D eigenvalue weighted by Crippen LogP contribution is 2.30. The van der Waals surface area contributed by atoms with Gasteiger partial charge in [-0.05, 0) is 35.9 Å². The van der Waals surface area contributed by atoms with Crippen molar-refractivity contribution in [3.05, 3.63) is 76.4 Å². The van der Waals surface area contributed by atoms with E-state index in [0.29, 0.717) is 32.2 Å². The van der Waals surface area contributed by atoms with Crippen LogP contribution in [0.2, 0.25) is 0 Å². The van der Waals surface area contributed by atoms with Crippen LogP contribution in [0.3, 0.4) is 0 Å². The van der Waals surface area contributed by atoms with Crippen LogP contribution in [0.1, 0.15) is 20.8 Å². The summed E-state index contributed by atoms with van der Waals surface area (Å²) in [6.45, 7) is 0. The summed E-state index contributed by atoms with van der Waals surface area (Å²) < 4.78 is 13.7. The zero-order valence-electron chi connectivity index (χ0n) is 15.4. The van der Waals surface area contributed by atoms with E-state index in [9.17, 15) is 14.0 Å². The van der Waals surface area contributed by atoms with E-state index >= 15 is 0 Å². The van der Waals surface area contributed by atoms with Gasteiger partial charge in [0.15, 0.2) is 0 Å². The highest BCUT2D eigenvalue weighted by Gasteiger charge is 2.17. The van der Waals surface area contributed by atoms with Crippen LogP contribution in [-0.4, -0.2) is 22.0 Å². The van der Waals surface area contributed by atoms with Gasteiger partial charge >= 0.3 is 0 Å². The largest absolute Gasteiger partial charge is 0.321 e. The zero-order chi connectivity index (χ0) is 21.1. The number of nitrogens with one attached hydrogen (secondary N) is 3. The van der Waals surface area contributed by atoms with Crippen molar-refractivity contribution in [2.24, 2.45) is 0 Å². The minimum Gasteiger partial charge on any atom is -0.321 e. The van der Waals surface area contributed by atoms with Crippen molar-refractivity contribution in [2.45, 2.75) is 6.42 Å². The summed E-state index contributed by atoms with van der Waals surface area (Å²) >= 11 is 1.16. The summed E-state index contributed by atoms with van der Waals surface area (Å²) in [6, 6.07) is 16.3. The summed E-state index contributed by atoms with van der Waals surface area (Å²) in [4.78, 5) is 25.8. The van der Waals surface area contributed by atoms with E-state index < -0.39 is 11.7 Å². The number of hydrogen-bond acceptors (Lipinski definition) is 5. The number of hydrogen-bond donors (Lipinski definition) is 3. The van der Waals surface area contributed by atoms with E-state index in [1.54, 1.807) is 48.5 Å². The molecule has 0 radical (unpaired) electrons. The van der Waals surface area contributed by atoms with Crippen molar-refractivity contribution in [3.8, 4) is 6.07 Å². The third-order valence-corrected chi connectivity index (χ3v) is 5.33. The molecule has 0 aliphatic rings. The van der Waals surface area contributed by atoms with Crippen LogP contribution in [0, 0.1) is 17.1 Å². The number of nitriles is 1. The molecule has 7 nitrogen and oxygen atoms in total. The Labute approximate surface area is 174 Å². The SMILES string of the molecule is N#Cc1cccc(NC(=O)c2cc3c(NC(=O)Cc4ccccc4F)[nH]nc3s2)c1. The number of fused-ring (bicyclic) bond motifs is 1. The van der Waals surface area contributed by atoms with Gasteiger partial charge in [0.25, 0.3) is 5.91 Å². The van der Waals surface area contributed by atoms with Gasteiger partial charge in [-0.15, -0.1) is 11.3 Å². The Morgan fingerprint density at radius 1 is 1.13 bits per heavy atom. The van der Waals surface area contributed by atoms with Crippen molar-refractivity contribution in [1.29, 1.82) is 5.26 Å². The Hall–Kier alpha value is -4.03. The van der Waals surface area contributed by atoms with Crippen molar-refractivity contribution < 1.29 is 14.0 Å². The first-order valence-corrected chi connectivity index (χ1v) is 9.68. The number of carbonyl (C=O) groups excluding carboxylic acids is 2. The van der Waals surface area contributed by atoms with Crippen LogP contribution in [-0.2, 0) is 11.2 Å². The van der Waals surface area contributed by atoms with E-state index in [4.69, 9.17) is 5.26 Å². The maximum atomic E-state index is 13.7. The summed E-state index contributed by atoms with van der Waals surface area (Å²) in [5.41, 5.74) is 1.23. The first-order chi connectivity index (χ1) is 14.5. The van der Waals surface area contributed by atoms with E-state index in [2.05, 4.69) is 20.8 Å². The predicted octanol–water partition coefficient (Wildman–Crippen LogP) is 4.07. The molecule has 2 amide bonds. The number of carbonyl (C=O) groups is 2. The van der Waals surface area contributed by atoms with Crippen LogP contribution in [0.15, 0.2) is 54.6 Å². The molecule has 0 spiro atoms. The molecule has 0 aliphatic heterocycles. The lowest BCUT2D eigenvalue weighted by Crippen LogP contribution is -2.15. The zero-order valence-corrected chi connectivity index (χ0v) is 16.2. The molecule has 3 N–H and O–H groups in total. The van der Waals surface area contributed by atoms with Gasteiger partial charge in [0, 0.05) is 5.69 Å². The highest BCUT2D eigenvalue weighted by atomic mass is 32.1. The lowest BCUT2D eigenvalue weighted by Gasteiger charge is -2.04. The molecule has 0 saturated carbocycles. The summed E-state index contributed by atoms with van der Waals surface area (Å²) in [7, 11) is 0. The molecule has 0 bridgehead atoms. The Bertz CT molecular complexity index is 1300. The molecular weight excluding hydrogens is 405 g/mol. The molecule has 2 aromatic carbocycles. The molecule has 9 heteroatoms. The fourth-order valence-corrected chi connectivity index (χ4v) is 3.77. The third-order valence-electron chi connectivity index (χ3n) is 4.30. The Balaban J connectivity index is 1.49. The van der Waals surface area contributed by atoms with Gasteiger partial charge in [-0.1, -0.05) is 24.3 Å². The molecule has 2 heterocycles. The van der Waals surface area contributed by atoms with E-state index in [-0.39, 0.29) is 17.9 Å². The quantitative estimate of drug-likeness (QED) is 0.453. The lowest BCUT2D eigenvalue weighted by atomic mass is 10.1. The second kappa shape index (κ2) is 8.14. The Morgan fingerprint density at radius 2 is 1.97 bits per heavy atom. The number of anilines is 2. The topological polar surface area (TPSA) is 111 Å². The number of aromatic nitrogens is 2. The van der Waals surface area contributed by atoms with Crippen molar-refractivity contribution in [1.82, 2.24) is 10.2 Å². The second-order valence-corrected chi connectivity index (χ2v) is 7.42. The molecule has 2 aromatic heterocycles. The average molecular weight is 419 g/mol. The summed E-state index contributed by atoms with van der Waals surface area (Å²) in [6.07, 6.45) is -0.125. The molecule has 0 unspecified atom stereocenters. The van der Waals surface area contributed by atoms with Crippen molar-refractivity contribution in [3.63, 3.8) is 0 Å². The van der Waals surface area contributed by atoms with Gasteiger partial charge in [0.1, 0.15) is 16.5 Å². The number of amides is 2. The monoisotopic (exact) mass is 419 g/mol. The number of nitrogens with zero attached hydrogens (tertiary/aromatic N) is 2. The van der Waals surface area contributed by atoms with Gasteiger partial charge in [-0.2, -0.15) is 10.4 Å². The number of halogens is 1. The Morgan fingerprint density at radius 3 is 2.77 bits per heavy atom. The Kier molecular flexibility index (Phi) is 5.24. The van der Waals surface area contributed by atoms with Crippen LogP contribution in [0.4, 0.5) is 15.9 Å². The van der Waals surface area contributed by atoms with Crippen LogP contribution < -0.4 is 10.6 Å². The molecule has 0 fully saturated rings. The molecular formula is C21H14FN5O2S. The van der Waals surface area contributed by atoms with Gasteiger partial charge in [-0.3, -0.25) is 14.7 Å². The number of rotatable bonds is 5. The minimum absolute atomic E-state index is 0.125. The number of benzene rings is 2. The molecule has 0 saturated heterocycles. The van der Waals surface area contributed by atoms with Gasteiger partial charge < -0.3 is 10.6 Å². The average Bonchev–Trinajstić information content (AvgIpc) is 3.32. The normalized spacial score (nSPS) is 10.5. The molecule has 4 rings (SSSR count). The standard InChI is InChI=1S/C21H14FN5O2S/c22-16-7-2-1-5-13(16)9-18(28)25-19-15-10-17(30-21(15)27-26-19)20(29)24-14-6-3-4-12(8-14)11-23/h1-8,10H,9H2,(H,24,29)(H2,25,26,27,28). The summed E-state index contributed by atoms with van der Waals surface area (Å²) in [5, 5.41) is 21.8. The first-order valence-electron chi connectivity index (χ1n) is 8.86. The smallest absolute Gasteiger partial charge is 0.265 e. The van der Waals surface area contributed by atoms with Gasteiger partial charge in [-0.25, -0.2) is 4.39 Å². The van der Waals surface area contributed by atoms with Crippen LogP contribution in [0.5, 0.6) is 0 Å². The van der Waals surface area contributed by atoms with Gasteiger partial charge in [0.05, 0.1) is 28.3 Å². The minimum atomic E-state index is -0.447. The number of H-pyrrole nitrogens is 1. The van der Waals surface area contributed by atoms with E-state index in [1.807, 2.05) is 6.07 Å². The molecule has 148 valence electrons. The second-order valence-electron chi connectivity index (χ2n) is 6.39. The van der Waals surface area contributed by atoms with Crippen LogP contribution in [0.25, 0.3) is 10.2 Å². The maximum Gasteiger partial charge on any atom is 0.265 e.